The van der Waals surface area contributed by atoms with Crippen molar-refractivity contribution in [3.8, 4) is 0 Å². The Balaban J connectivity index is 1.78. The molecule has 0 unspecified atom stereocenters. The molecule has 1 aliphatic carbocycles. The highest BCUT2D eigenvalue weighted by Gasteiger charge is 2.65. The summed E-state index contributed by atoms with van der Waals surface area (Å²) in [5, 5.41) is 0. The molecule has 10 heteroatoms. The van der Waals surface area contributed by atoms with Gasteiger partial charge in [-0.3, -0.25) is 9.59 Å². The molecule has 34 heavy (non-hydrogen) atoms. The Morgan fingerprint density at radius 1 is 1.15 bits per heavy atom. The maximum atomic E-state index is 12.8. The molecule has 2 saturated heterocycles. The fourth-order valence-corrected chi connectivity index (χ4v) is 4.34. The Morgan fingerprint density at radius 3 is 2.50 bits per heavy atom. The molecule has 0 aromatic heterocycles. The number of hydrogen-bond acceptors (Lipinski definition) is 10. The van der Waals surface area contributed by atoms with Crippen LogP contribution in [0.5, 0.6) is 0 Å². The van der Waals surface area contributed by atoms with Crippen LogP contribution in [0, 0.1) is 0 Å². The summed E-state index contributed by atoms with van der Waals surface area (Å²) < 4.78 is 33.7. The van der Waals surface area contributed by atoms with Gasteiger partial charge in [0.25, 0.3) is 0 Å². The van der Waals surface area contributed by atoms with E-state index in [4.69, 9.17) is 28.4 Å². The molecule has 4 rings (SSSR count). The number of carbonyl (C=O) groups excluding carboxylic acids is 4. The van der Waals surface area contributed by atoms with E-state index in [1.54, 1.807) is 19.9 Å². The molecule has 0 N–H and O–H groups in total. The van der Waals surface area contributed by atoms with Gasteiger partial charge in [-0.1, -0.05) is 18.2 Å². The lowest BCUT2D eigenvalue weighted by Crippen LogP contribution is -2.38. The van der Waals surface area contributed by atoms with Crippen LogP contribution < -0.4 is 0 Å². The third-order valence-corrected chi connectivity index (χ3v) is 6.55. The number of hydrogen-bond donors (Lipinski definition) is 0. The van der Waals surface area contributed by atoms with Gasteiger partial charge in [0.2, 0.25) is 0 Å². The summed E-state index contributed by atoms with van der Waals surface area (Å²) in [4.78, 5) is 48.6. The molecule has 6 atom stereocenters. The van der Waals surface area contributed by atoms with Crippen molar-refractivity contribution in [3.05, 3.63) is 34.9 Å². The lowest BCUT2D eigenvalue weighted by Gasteiger charge is -2.26. The van der Waals surface area contributed by atoms with Crippen LogP contribution in [0.4, 0.5) is 0 Å². The van der Waals surface area contributed by atoms with Gasteiger partial charge in [-0.15, -0.1) is 0 Å². The summed E-state index contributed by atoms with van der Waals surface area (Å²) in [5.74, 6) is -2.31. The number of fused-ring (bicyclic) bond motifs is 4. The van der Waals surface area contributed by atoms with Gasteiger partial charge in [0.1, 0.15) is 42.7 Å². The minimum atomic E-state index is -0.982. The lowest BCUT2D eigenvalue weighted by molar-refractivity contribution is -0.147. The summed E-state index contributed by atoms with van der Waals surface area (Å²) in [6.07, 6.45) is 2.61. The summed E-state index contributed by atoms with van der Waals surface area (Å²) in [6.45, 7) is 7.27. The number of carbonyl (C=O) groups is 4. The molecule has 0 aromatic carbocycles. The monoisotopic (exact) mass is 476 g/mol. The zero-order chi connectivity index (χ0) is 24.8. The smallest absolute Gasteiger partial charge is 0.338 e. The number of rotatable bonds is 6. The summed E-state index contributed by atoms with van der Waals surface area (Å²) in [6, 6.07) is 0. The molecule has 4 aliphatic rings. The van der Waals surface area contributed by atoms with Crippen molar-refractivity contribution in [2.75, 3.05) is 13.2 Å². The normalized spacial score (nSPS) is 36.9. The Bertz CT molecular complexity index is 1020. The fourth-order valence-electron chi connectivity index (χ4n) is 4.34. The molecule has 2 fully saturated rings. The summed E-state index contributed by atoms with van der Waals surface area (Å²) in [5.41, 5.74) is -0.875. The first-order valence-corrected chi connectivity index (χ1v) is 11.1. The van der Waals surface area contributed by atoms with E-state index in [2.05, 4.69) is 0 Å². The highest BCUT2D eigenvalue weighted by atomic mass is 16.7. The maximum absolute atomic E-state index is 12.8. The van der Waals surface area contributed by atoms with Crippen LogP contribution in [0.15, 0.2) is 34.9 Å². The van der Waals surface area contributed by atoms with E-state index < -0.39 is 59.5 Å². The van der Waals surface area contributed by atoms with Crippen molar-refractivity contribution in [3.63, 3.8) is 0 Å². The van der Waals surface area contributed by atoms with E-state index in [0.717, 1.165) is 0 Å². The average Bonchev–Trinajstić information content (AvgIpc) is 3.62. The second-order valence-corrected chi connectivity index (χ2v) is 9.07. The van der Waals surface area contributed by atoms with Gasteiger partial charge in [-0.25, -0.2) is 9.59 Å². The van der Waals surface area contributed by atoms with Crippen LogP contribution in [0.25, 0.3) is 0 Å². The van der Waals surface area contributed by atoms with E-state index in [1.165, 1.54) is 13.8 Å². The second kappa shape index (κ2) is 8.66. The van der Waals surface area contributed by atoms with Crippen molar-refractivity contribution in [1.82, 2.24) is 0 Å². The predicted molar refractivity (Wildman–Crippen MR) is 114 cm³/mol. The van der Waals surface area contributed by atoms with Crippen LogP contribution >= 0.6 is 0 Å². The lowest BCUT2D eigenvalue weighted by atomic mass is 9.85. The summed E-state index contributed by atoms with van der Waals surface area (Å²) >= 11 is 0. The van der Waals surface area contributed by atoms with Gasteiger partial charge < -0.3 is 28.4 Å². The van der Waals surface area contributed by atoms with E-state index in [0.29, 0.717) is 11.1 Å². The highest BCUT2D eigenvalue weighted by Crippen LogP contribution is 2.52. The van der Waals surface area contributed by atoms with Crippen molar-refractivity contribution >= 4 is 23.9 Å². The molecule has 0 bridgehead atoms. The molecule has 0 aromatic rings. The molecule has 3 aliphatic heterocycles. The van der Waals surface area contributed by atoms with Crippen molar-refractivity contribution in [1.29, 1.82) is 0 Å². The van der Waals surface area contributed by atoms with Crippen molar-refractivity contribution < 1.29 is 47.6 Å². The van der Waals surface area contributed by atoms with E-state index in [9.17, 15) is 19.2 Å². The number of ether oxygens (including phenoxy) is 6. The standard InChI is InChI=1S/C24H28O10/c1-6-12(2)21(27)31-16-9-24(11-30-14(4)26)17(33-24)7-8-23(5)20(34-23)19-18(16)15(22(28)32-19)10-29-13(3)25/h6-8,16-17,19-20H,9-11H2,1-5H3/b8-7-,12-6+/t16-,17+,19+,20-,23-,24+/m1/s1. The minimum Gasteiger partial charge on any atom is -0.463 e. The van der Waals surface area contributed by atoms with E-state index in [-0.39, 0.29) is 25.2 Å². The van der Waals surface area contributed by atoms with Crippen LogP contribution in [-0.4, -0.2) is 72.7 Å². The van der Waals surface area contributed by atoms with Gasteiger partial charge in [-0.05, 0) is 20.8 Å². The van der Waals surface area contributed by atoms with Gasteiger partial charge in [0, 0.05) is 31.4 Å². The van der Waals surface area contributed by atoms with E-state index >= 15 is 0 Å². The van der Waals surface area contributed by atoms with E-state index in [1.807, 2.05) is 19.1 Å². The molecule has 3 heterocycles. The number of allylic oxidation sites excluding steroid dienone is 1. The Hall–Kier alpha value is -2.98. The van der Waals surface area contributed by atoms with Crippen LogP contribution in [0.3, 0.4) is 0 Å². The van der Waals surface area contributed by atoms with Gasteiger partial charge in [0.05, 0.1) is 5.57 Å². The Labute approximate surface area is 196 Å². The molecule has 184 valence electrons. The molecule has 0 amide bonds. The molecule has 10 nitrogen and oxygen atoms in total. The largest absolute Gasteiger partial charge is 0.463 e. The van der Waals surface area contributed by atoms with Gasteiger partial charge >= 0.3 is 23.9 Å². The Morgan fingerprint density at radius 2 is 1.85 bits per heavy atom. The van der Waals surface area contributed by atoms with Crippen molar-refractivity contribution in [2.45, 2.75) is 76.7 Å². The quantitative estimate of drug-likeness (QED) is 0.183. The van der Waals surface area contributed by atoms with Crippen molar-refractivity contribution in [2.24, 2.45) is 0 Å². The maximum Gasteiger partial charge on any atom is 0.338 e. The molecule has 0 spiro atoms. The molecular weight excluding hydrogens is 448 g/mol. The SMILES string of the molecule is C/C=C(\C)C(=O)O[C@@H]1C[C@@]2(COC(C)=O)O[C@H]2/C=C\[C@@]2(C)O[C@@H]2[C@H]2OC(=O)C(COC(C)=O)=C12. The number of esters is 4. The van der Waals surface area contributed by atoms with Crippen LogP contribution in [-0.2, 0) is 47.6 Å². The zero-order valence-corrected chi connectivity index (χ0v) is 19.7. The highest BCUT2D eigenvalue weighted by molar-refractivity contribution is 5.94. The fraction of sp³-hybridized carbons (Fsp3) is 0.583. The Kier molecular flexibility index (Phi) is 6.15. The zero-order valence-electron chi connectivity index (χ0n) is 19.7. The molecule has 0 radical (unpaired) electrons. The molecular formula is C24H28O10. The van der Waals surface area contributed by atoms with Gasteiger partial charge in [-0.2, -0.15) is 0 Å². The first kappa shape index (κ1) is 24.2. The third-order valence-electron chi connectivity index (χ3n) is 6.55. The van der Waals surface area contributed by atoms with Crippen LogP contribution in [0.1, 0.15) is 41.0 Å². The topological polar surface area (TPSA) is 130 Å². The number of epoxide rings is 2. The minimum absolute atomic E-state index is 0.0684. The van der Waals surface area contributed by atoms with Crippen LogP contribution in [0.2, 0.25) is 0 Å². The first-order chi connectivity index (χ1) is 16.0. The molecule has 0 saturated carbocycles. The second-order valence-electron chi connectivity index (χ2n) is 9.07. The average molecular weight is 476 g/mol. The van der Waals surface area contributed by atoms with Gasteiger partial charge in [0.15, 0.2) is 6.10 Å². The predicted octanol–water partition coefficient (Wildman–Crippen LogP) is 1.47. The third kappa shape index (κ3) is 4.52. The first-order valence-electron chi connectivity index (χ1n) is 11.1. The summed E-state index contributed by atoms with van der Waals surface area (Å²) in [7, 11) is 0.